The van der Waals surface area contributed by atoms with Crippen LogP contribution in [-0.4, -0.2) is 22.0 Å². The molecule has 0 spiro atoms. The van der Waals surface area contributed by atoms with Crippen LogP contribution in [0.4, 0.5) is 11.6 Å². The molecule has 1 saturated carbocycles. The minimum atomic E-state index is -0.0379. The van der Waals surface area contributed by atoms with E-state index in [1.807, 2.05) is 27.8 Å². The van der Waals surface area contributed by atoms with Crippen molar-refractivity contribution in [1.82, 2.24) is 15.0 Å². The Morgan fingerprint density at radius 2 is 1.95 bits per heavy atom. The van der Waals surface area contributed by atoms with Crippen LogP contribution in [0.25, 0.3) is 0 Å². The molecule has 6 nitrogen and oxygen atoms in total. The summed E-state index contributed by atoms with van der Waals surface area (Å²) < 4.78 is 5.57. The first-order valence-corrected chi connectivity index (χ1v) is 7.33. The van der Waals surface area contributed by atoms with Crippen molar-refractivity contribution in [3.8, 4) is 0 Å². The standard InChI is InChI=1S/C15H21N5O/c1-8-7-17-15(21-8)10(3)18-13-9(2)12(16-4)19-14(20-13)11-5-6-11/h7,10-11H,5-6H2,1-4H3,(H2,16,18,19,20). The average molecular weight is 287 g/mol. The van der Waals surface area contributed by atoms with Crippen LogP contribution >= 0.6 is 0 Å². The number of hydrogen-bond donors (Lipinski definition) is 2. The van der Waals surface area contributed by atoms with E-state index in [-0.39, 0.29) is 6.04 Å². The van der Waals surface area contributed by atoms with Crippen molar-refractivity contribution in [2.75, 3.05) is 17.7 Å². The molecule has 0 aromatic carbocycles. The Balaban J connectivity index is 1.88. The quantitative estimate of drug-likeness (QED) is 0.879. The van der Waals surface area contributed by atoms with E-state index >= 15 is 0 Å². The normalized spacial score (nSPS) is 15.8. The molecule has 1 aliphatic carbocycles. The van der Waals surface area contributed by atoms with Gasteiger partial charge in [0.05, 0.1) is 6.20 Å². The van der Waals surface area contributed by atoms with Crippen LogP contribution in [0.2, 0.25) is 0 Å². The molecule has 0 saturated heterocycles. The zero-order chi connectivity index (χ0) is 15.0. The lowest BCUT2D eigenvalue weighted by Crippen LogP contribution is -2.13. The molecule has 0 radical (unpaired) electrons. The van der Waals surface area contributed by atoms with Crippen molar-refractivity contribution in [2.24, 2.45) is 0 Å². The van der Waals surface area contributed by atoms with E-state index in [0.717, 1.165) is 28.8 Å². The Labute approximate surface area is 124 Å². The molecule has 112 valence electrons. The third-order valence-electron chi connectivity index (χ3n) is 3.71. The summed E-state index contributed by atoms with van der Waals surface area (Å²) in [6, 6.07) is -0.0379. The van der Waals surface area contributed by atoms with Crippen LogP contribution in [0.3, 0.4) is 0 Å². The van der Waals surface area contributed by atoms with E-state index in [9.17, 15) is 0 Å². The van der Waals surface area contributed by atoms with E-state index in [1.54, 1.807) is 6.20 Å². The van der Waals surface area contributed by atoms with Gasteiger partial charge in [-0.2, -0.15) is 0 Å². The van der Waals surface area contributed by atoms with Crippen LogP contribution in [0.15, 0.2) is 10.6 Å². The summed E-state index contributed by atoms with van der Waals surface area (Å²) in [6.07, 6.45) is 4.09. The molecule has 6 heteroatoms. The van der Waals surface area contributed by atoms with Gasteiger partial charge in [0.2, 0.25) is 5.89 Å². The molecule has 2 heterocycles. The highest BCUT2D eigenvalue weighted by molar-refractivity contribution is 5.57. The molecule has 2 aromatic heterocycles. The van der Waals surface area contributed by atoms with Gasteiger partial charge in [-0.25, -0.2) is 15.0 Å². The highest BCUT2D eigenvalue weighted by atomic mass is 16.4. The molecule has 3 rings (SSSR count). The summed E-state index contributed by atoms with van der Waals surface area (Å²) in [5, 5.41) is 6.54. The molecular weight excluding hydrogens is 266 g/mol. The second-order valence-corrected chi connectivity index (χ2v) is 5.60. The second-order valence-electron chi connectivity index (χ2n) is 5.60. The van der Waals surface area contributed by atoms with Crippen LogP contribution in [0.5, 0.6) is 0 Å². The average Bonchev–Trinajstić information content (AvgIpc) is 3.22. The van der Waals surface area contributed by atoms with Gasteiger partial charge in [-0.05, 0) is 33.6 Å². The fourth-order valence-electron chi connectivity index (χ4n) is 2.28. The van der Waals surface area contributed by atoms with Crippen molar-refractivity contribution in [1.29, 1.82) is 0 Å². The summed E-state index contributed by atoms with van der Waals surface area (Å²) in [6.45, 7) is 5.92. The first-order chi connectivity index (χ1) is 10.1. The van der Waals surface area contributed by atoms with Crippen molar-refractivity contribution >= 4 is 11.6 Å². The van der Waals surface area contributed by atoms with Gasteiger partial charge in [0.25, 0.3) is 0 Å². The molecule has 2 aromatic rings. The molecule has 21 heavy (non-hydrogen) atoms. The maximum Gasteiger partial charge on any atom is 0.216 e. The molecule has 1 aliphatic rings. The topological polar surface area (TPSA) is 75.9 Å². The van der Waals surface area contributed by atoms with E-state index in [0.29, 0.717) is 11.8 Å². The molecule has 2 N–H and O–H groups in total. The number of hydrogen-bond acceptors (Lipinski definition) is 6. The lowest BCUT2D eigenvalue weighted by Gasteiger charge is -2.16. The van der Waals surface area contributed by atoms with E-state index in [2.05, 4.69) is 25.6 Å². The zero-order valence-electron chi connectivity index (χ0n) is 12.9. The van der Waals surface area contributed by atoms with Crippen LogP contribution < -0.4 is 10.6 Å². The minimum Gasteiger partial charge on any atom is -0.444 e. The molecule has 0 bridgehead atoms. The molecule has 1 atom stereocenters. The highest BCUT2D eigenvalue weighted by Crippen LogP contribution is 2.39. The Hall–Kier alpha value is -2.11. The lowest BCUT2D eigenvalue weighted by atomic mass is 10.2. The lowest BCUT2D eigenvalue weighted by molar-refractivity contribution is 0.453. The third-order valence-corrected chi connectivity index (χ3v) is 3.71. The number of oxazole rings is 1. The van der Waals surface area contributed by atoms with Crippen LogP contribution in [-0.2, 0) is 0 Å². The van der Waals surface area contributed by atoms with E-state index in [1.165, 1.54) is 12.8 Å². The number of rotatable bonds is 5. The predicted molar refractivity (Wildman–Crippen MR) is 81.6 cm³/mol. The predicted octanol–water partition coefficient (Wildman–Crippen LogP) is 3.17. The maximum absolute atomic E-state index is 5.57. The summed E-state index contributed by atoms with van der Waals surface area (Å²) in [5.74, 6) is 4.64. The molecular formula is C15H21N5O. The molecule has 1 fully saturated rings. The monoisotopic (exact) mass is 287 g/mol. The van der Waals surface area contributed by atoms with Crippen molar-refractivity contribution in [3.63, 3.8) is 0 Å². The third kappa shape index (κ3) is 2.84. The van der Waals surface area contributed by atoms with Crippen LogP contribution in [0.1, 0.15) is 54.8 Å². The van der Waals surface area contributed by atoms with Gasteiger partial charge in [0.1, 0.15) is 29.3 Å². The fraction of sp³-hybridized carbons (Fsp3) is 0.533. The molecule has 1 unspecified atom stereocenters. The summed E-state index contributed by atoms with van der Waals surface area (Å²) in [5.41, 5.74) is 1.01. The van der Waals surface area contributed by atoms with Crippen molar-refractivity contribution in [3.05, 3.63) is 29.2 Å². The van der Waals surface area contributed by atoms with Gasteiger partial charge < -0.3 is 15.1 Å². The van der Waals surface area contributed by atoms with E-state index < -0.39 is 0 Å². The van der Waals surface area contributed by atoms with E-state index in [4.69, 9.17) is 4.42 Å². The van der Waals surface area contributed by atoms with Gasteiger partial charge in [-0.15, -0.1) is 0 Å². The number of aromatic nitrogens is 3. The van der Waals surface area contributed by atoms with Crippen LogP contribution in [0, 0.1) is 13.8 Å². The molecule has 0 amide bonds. The minimum absolute atomic E-state index is 0.0379. The summed E-state index contributed by atoms with van der Waals surface area (Å²) in [7, 11) is 1.89. The first-order valence-electron chi connectivity index (χ1n) is 7.33. The summed E-state index contributed by atoms with van der Waals surface area (Å²) in [4.78, 5) is 13.5. The highest BCUT2D eigenvalue weighted by Gasteiger charge is 2.28. The maximum atomic E-state index is 5.57. The van der Waals surface area contributed by atoms with Gasteiger partial charge in [-0.1, -0.05) is 0 Å². The van der Waals surface area contributed by atoms with Gasteiger partial charge in [-0.3, -0.25) is 0 Å². The Morgan fingerprint density at radius 1 is 1.24 bits per heavy atom. The Morgan fingerprint density at radius 3 is 2.52 bits per heavy atom. The number of anilines is 2. The Bertz CT molecular complexity index is 648. The van der Waals surface area contributed by atoms with Crippen molar-refractivity contribution < 1.29 is 4.42 Å². The number of aryl methyl sites for hydroxylation is 1. The van der Waals surface area contributed by atoms with Crippen molar-refractivity contribution in [2.45, 2.75) is 45.6 Å². The smallest absolute Gasteiger partial charge is 0.216 e. The molecule has 0 aliphatic heterocycles. The first kappa shape index (κ1) is 13.9. The van der Waals surface area contributed by atoms with Gasteiger partial charge >= 0.3 is 0 Å². The second kappa shape index (κ2) is 5.35. The summed E-state index contributed by atoms with van der Waals surface area (Å²) >= 11 is 0. The number of nitrogens with one attached hydrogen (secondary N) is 2. The zero-order valence-corrected chi connectivity index (χ0v) is 12.9. The van der Waals surface area contributed by atoms with Gasteiger partial charge in [0, 0.05) is 18.5 Å². The fourth-order valence-corrected chi connectivity index (χ4v) is 2.28. The largest absolute Gasteiger partial charge is 0.444 e. The Kier molecular flexibility index (Phi) is 3.53. The SMILES string of the molecule is CNc1nc(C2CC2)nc(NC(C)c2ncc(C)o2)c1C. The number of nitrogens with zero attached hydrogens (tertiary/aromatic N) is 3. The van der Waals surface area contributed by atoms with Gasteiger partial charge in [0.15, 0.2) is 0 Å².